The molecular weight excluding hydrogens is 1820 g/mol. The lowest BCUT2D eigenvalue weighted by Crippen LogP contribution is -2.50. The van der Waals surface area contributed by atoms with Crippen molar-refractivity contribution < 1.29 is 42.2 Å². The third-order valence-corrected chi connectivity index (χ3v) is 34.6. The number of carbonyl (C=O) groups excluding carboxylic acids is 5. The third-order valence-electron chi connectivity index (χ3n) is 33.8. The molecule has 10 aromatic rings. The Morgan fingerprint density at radius 3 is 0.959 bits per heavy atom. The lowest BCUT2D eigenvalue weighted by Gasteiger charge is -2.45. The van der Waals surface area contributed by atoms with Crippen LogP contribution in [-0.2, 0) is 89.5 Å². The number of aryl methyl sites for hydroxylation is 10. The Morgan fingerprint density at radius 1 is 0.421 bits per heavy atom. The number of nitrogens with two attached hydrogens (primary N) is 1. The summed E-state index contributed by atoms with van der Waals surface area (Å²) >= 11 is 0. The molecule has 0 atom stereocenters. The van der Waals surface area contributed by atoms with Gasteiger partial charge in [0.05, 0.1) is 30.5 Å². The number of nitrogens with zero attached hydrogens (tertiary/aromatic N) is 5. The molecule has 0 spiro atoms. The lowest BCUT2D eigenvalue weighted by atomic mass is 9.62. The van der Waals surface area contributed by atoms with Gasteiger partial charge in [-0.15, -0.1) is 0 Å². The number of amides is 6. The van der Waals surface area contributed by atoms with Gasteiger partial charge in [-0.25, -0.2) is 22.9 Å². The van der Waals surface area contributed by atoms with Crippen molar-refractivity contribution in [3.05, 3.63) is 337 Å². The molecule has 19 heteroatoms. The SMILES string of the molecule is CC(=O)N(C)CC1(c2ccc(C)cc2)CCC1.CC(=O)NC1(c2ccc(C)cc2)CCC1.COCC1(c2ccc(C)cc2)CCC1.Cc1ccc(C2(CC(N)=O)CCC2)cc1.Cc1ccc(C2(CN(C)C(=O)C(C)C)CCC2)cc1.Cc1ccc(C2(CN3CCNC3=O)CCC2)cc1.Cc1ccc(C2(CO)CCC2)cc1.Cc1ccc(C2(Cn3ccnc3C)CCC2)cc1.Cc1ccc(C2(NS(C)(=O)=O)CCC2)cc1. The van der Waals surface area contributed by atoms with E-state index in [0.29, 0.717) is 23.9 Å². The fraction of sp³-hybridized carbons (Fsp3) is 0.508. The molecule has 9 aliphatic carbocycles. The Labute approximate surface area is 869 Å². The highest BCUT2D eigenvalue weighted by Crippen LogP contribution is 2.52. The fourth-order valence-electron chi connectivity index (χ4n) is 22.9. The summed E-state index contributed by atoms with van der Waals surface area (Å²) in [5, 5.41) is 15.3. The average molecular weight is 1990 g/mol. The molecule has 1 aliphatic heterocycles. The first-order chi connectivity index (χ1) is 69.1. The largest absolute Gasteiger partial charge is 0.395 e. The maximum atomic E-state index is 12.1. The van der Waals surface area contributed by atoms with Gasteiger partial charge in [-0.3, -0.25) is 19.2 Å². The molecule has 1 saturated heterocycles. The zero-order valence-electron chi connectivity index (χ0n) is 90.9. The van der Waals surface area contributed by atoms with Crippen LogP contribution in [0, 0.1) is 75.2 Å². The van der Waals surface area contributed by atoms with E-state index in [1.54, 1.807) is 21.0 Å². The van der Waals surface area contributed by atoms with Gasteiger partial charge in [0.25, 0.3) is 0 Å². The quantitative estimate of drug-likeness (QED) is 0.0344. The van der Waals surface area contributed by atoms with Crippen LogP contribution in [-0.4, -0.2) is 141 Å². The first-order valence-corrected chi connectivity index (χ1v) is 55.7. The zero-order chi connectivity index (χ0) is 105. The summed E-state index contributed by atoms with van der Waals surface area (Å²) < 4.78 is 33.1. The number of ether oxygens (including phenoxy) is 1. The van der Waals surface area contributed by atoms with Crippen molar-refractivity contribution in [1.82, 2.24) is 39.6 Å². The van der Waals surface area contributed by atoms with E-state index in [9.17, 15) is 37.5 Å². The van der Waals surface area contributed by atoms with E-state index in [-0.39, 0.29) is 73.7 Å². The second kappa shape index (κ2) is 50.2. The number of urea groups is 1. The topological polar surface area (TPSA) is 239 Å². The number of aromatic nitrogens is 2. The maximum Gasteiger partial charge on any atom is 0.317 e. The molecule has 0 radical (unpaired) electrons. The molecule has 1 aromatic heterocycles. The number of sulfonamides is 1. The van der Waals surface area contributed by atoms with Crippen LogP contribution in [0.3, 0.4) is 0 Å². The van der Waals surface area contributed by atoms with Gasteiger partial charge in [-0.1, -0.05) is 327 Å². The first-order valence-electron chi connectivity index (χ1n) is 53.8. The molecular formula is C126H171N9O9S. The number of hydrogen-bond donors (Lipinski definition) is 5. The summed E-state index contributed by atoms with van der Waals surface area (Å²) in [6.45, 7) is 34.6. The summed E-state index contributed by atoms with van der Waals surface area (Å²) in [5.74, 6) is 1.49. The minimum absolute atomic E-state index is 0.0551. The monoisotopic (exact) mass is 1990 g/mol. The van der Waals surface area contributed by atoms with E-state index in [4.69, 9.17) is 10.5 Å². The number of hydrogen-bond acceptors (Lipinski definition) is 10. The Bertz CT molecular complexity index is 5840. The van der Waals surface area contributed by atoms with E-state index < -0.39 is 10.0 Å². The van der Waals surface area contributed by atoms with E-state index in [1.165, 1.54) is 216 Å². The number of benzene rings is 9. The third kappa shape index (κ3) is 29.2. The van der Waals surface area contributed by atoms with Crippen LogP contribution in [0.1, 0.15) is 313 Å². The van der Waals surface area contributed by atoms with E-state index in [1.807, 2.05) is 80.0 Å². The smallest absolute Gasteiger partial charge is 0.317 e. The fourth-order valence-corrected chi connectivity index (χ4v) is 23.9. The van der Waals surface area contributed by atoms with Crippen LogP contribution in [0.25, 0.3) is 0 Å². The van der Waals surface area contributed by atoms with Crippen molar-refractivity contribution in [2.24, 2.45) is 11.7 Å². The van der Waals surface area contributed by atoms with Crippen LogP contribution < -0.4 is 21.1 Å². The predicted molar refractivity (Wildman–Crippen MR) is 593 cm³/mol. The van der Waals surface area contributed by atoms with Crippen LogP contribution in [0.2, 0.25) is 0 Å². The molecule has 145 heavy (non-hydrogen) atoms. The van der Waals surface area contributed by atoms with E-state index in [0.717, 1.165) is 115 Å². The summed E-state index contributed by atoms with van der Waals surface area (Å²) in [4.78, 5) is 67.5. The van der Waals surface area contributed by atoms with E-state index >= 15 is 0 Å². The normalized spacial score (nSPS) is 18.6. The molecule has 0 unspecified atom stereocenters. The molecule has 9 aromatic carbocycles. The Morgan fingerprint density at radius 2 is 0.710 bits per heavy atom. The van der Waals surface area contributed by atoms with Gasteiger partial charge in [0.1, 0.15) is 5.82 Å². The van der Waals surface area contributed by atoms with Gasteiger partial charge in [-0.2, -0.15) is 0 Å². The first kappa shape index (κ1) is 113. The lowest BCUT2D eigenvalue weighted by molar-refractivity contribution is -0.134. The highest BCUT2D eigenvalue weighted by molar-refractivity contribution is 7.88. The number of nitrogens with one attached hydrogen (secondary N) is 3. The molecule has 10 aliphatic rings. The number of methoxy groups -OCH3 is 1. The maximum absolute atomic E-state index is 12.1. The van der Waals surface area contributed by atoms with Crippen LogP contribution in [0.5, 0.6) is 0 Å². The molecule has 2 heterocycles. The molecule has 0 bridgehead atoms. The molecule has 9 saturated carbocycles. The number of likely N-dealkylation sites (N-methyl/N-ethyl adjacent to an activating group) is 2. The molecule has 10 fully saturated rings. The predicted octanol–water partition coefficient (Wildman–Crippen LogP) is 24.7. The number of aliphatic hydroxyl groups is 1. The highest BCUT2D eigenvalue weighted by Gasteiger charge is 2.48. The molecule has 6 N–H and O–H groups in total. The highest BCUT2D eigenvalue weighted by atomic mass is 32.2. The Balaban J connectivity index is 0.000000146. The van der Waals surface area contributed by atoms with Gasteiger partial charge >= 0.3 is 6.03 Å². The van der Waals surface area contributed by atoms with Crippen molar-refractivity contribution in [1.29, 1.82) is 0 Å². The second-order valence-corrected chi connectivity index (χ2v) is 47.1. The van der Waals surface area contributed by atoms with Crippen molar-refractivity contribution in [2.75, 3.05) is 73.4 Å². The number of aliphatic hydroxyl groups excluding tert-OH is 1. The number of rotatable bonds is 26. The summed E-state index contributed by atoms with van der Waals surface area (Å²) in [6, 6.07) is 78.2. The van der Waals surface area contributed by atoms with Gasteiger partial charge in [0, 0.05) is 137 Å². The molecule has 6 amide bonds. The standard InChI is InChI=1S/C17H25NO.C16H20N2.C15H20N2O.C15H21NO.2C13H17NO.C13H18O.C12H17NO2S.C12H16O/c1-13(2)16(19)18(4)12-17(10-5-11-17)15-8-6-14(3)7-9-15;1-13-4-6-15(7-5-13)16(8-3-9-16)12-18-11-10-17-14(18)2;1-12-3-5-13(6-4-12)15(7-2-8-15)11-17-10-9-16-14(17)18;1-12-5-7-14(8-6-12)15(9-4-10-15)11-16(3)13(2)17;1-10-4-6-12(7-5-10)13(8-3-9-13)14-11(2)15;1-10-3-5-11(6-4-10)13(7-2-8-13)9-12(14)15;1-11-4-6-12(7-5-11)13(10-14-2)8-3-9-13;1-10-4-6-11(7-5-10)12(8-3-9-12)13-16(2,14)15;1-10-3-5-11(6-4-10)12(9-13)7-2-8-12/h6-9,13H,5,10-12H2,1-4H3;4-7,10-11H,3,8-9,12H2,1-2H3;3-6H,2,7-11H2,1H3,(H,16,18);5-8H,4,9-11H2,1-3H3;4-7H,3,8-9H2,1-2H3,(H,14,15);3-6H,2,7-9H2,1H3,(H2,14,15);4-7H,3,8-10H2,1-2H3;4-7,13H,3,8-9H2,1-2H3;3-6,13H,2,7-9H2,1H3. The molecule has 20 rings (SSSR count). The summed E-state index contributed by atoms with van der Waals surface area (Å²) in [5.41, 5.74) is 30.0. The molecule has 18 nitrogen and oxygen atoms in total. The van der Waals surface area contributed by atoms with Crippen LogP contribution in [0.4, 0.5) is 4.79 Å². The van der Waals surface area contributed by atoms with Gasteiger partial charge < -0.3 is 45.5 Å². The number of carbonyl (C=O) groups is 5. The van der Waals surface area contributed by atoms with Crippen molar-refractivity contribution in [3.8, 4) is 0 Å². The Kier molecular flexibility index (Phi) is 39.1. The summed E-state index contributed by atoms with van der Waals surface area (Å²) in [7, 11) is 2.49. The van der Waals surface area contributed by atoms with Crippen molar-refractivity contribution >= 4 is 39.7 Å². The minimum Gasteiger partial charge on any atom is -0.395 e. The van der Waals surface area contributed by atoms with Crippen molar-refractivity contribution in [3.63, 3.8) is 0 Å². The number of primary amides is 1. The zero-order valence-corrected chi connectivity index (χ0v) is 91.7. The average Bonchev–Trinajstić information content (AvgIpc) is 1.48. The summed E-state index contributed by atoms with van der Waals surface area (Å²) in [6.07, 6.45) is 37.8. The van der Waals surface area contributed by atoms with E-state index in [2.05, 4.69) is 288 Å². The molecule has 780 valence electrons. The van der Waals surface area contributed by atoms with Crippen molar-refractivity contribution in [2.45, 2.75) is 332 Å². The van der Waals surface area contributed by atoms with Gasteiger partial charge in [0.2, 0.25) is 33.7 Å². The Hall–Kier alpha value is -10.8. The van der Waals surface area contributed by atoms with Crippen LogP contribution >= 0.6 is 0 Å². The minimum atomic E-state index is -3.15. The second-order valence-electron chi connectivity index (χ2n) is 45.4. The van der Waals surface area contributed by atoms with Crippen LogP contribution in [0.15, 0.2) is 231 Å². The number of imidazole rings is 1. The van der Waals surface area contributed by atoms with Gasteiger partial charge in [-0.05, 0) is 248 Å². The van der Waals surface area contributed by atoms with Gasteiger partial charge in [0.15, 0.2) is 0 Å².